The first-order valence-corrected chi connectivity index (χ1v) is 11.0. The predicted octanol–water partition coefficient (Wildman–Crippen LogP) is 2.27. The van der Waals surface area contributed by atoms with E-state index >= 15 is 0 Å². The van der Waals surface area contributed by atoms with Gasteiger partial charge in [0.05, 0.1) is 24.6 Å². The number of aliphatic hydroxyl groups excluding tert-OH is 1. The van der Waals surface area contributed by atoms with Crippen molar-refractivity contribution in [3.63, 3.8) is 0 Å². The van der Waals surface area contributed by atoms with E-state index < -0.39 is 18.2 Å². The van der Waals surface area contributed by atoms with Gasteiger partial charge in [0.2, 0.25) is 5.91 Å². The normalized spacial score (nSPS) is 18.8. The maximum absolute atomic E-state index is 13.4. The van der Waals surface area contributed by atoms with E-state index in [0.29, 0.717) is 24.2 Å². The van der Waals surface area contributed by atoms with Gasteiger partial charge >= 0.3 is 0 Å². The lowest BCUT2D eigenvalue weighted by Gasteiger charge is -2.26. The molecule has 0 saturated carbocycles. The number of likely N-dealkylation sites (tertiary alicyclic amines) is 1. The van der Waals surface area contributed by atoms with E-state index in [9.17, 15) is 19.8 Å². The zero-order valence-corrected chi connectivity index (χ0v) is 18.3. The van der Waals surface area contributed by atoms with Gasteiger partial charge in [0.25, 0.3) is 5.91 Å². The molecule has 0 aliphatic carbocycles. The van der Waals surface area contributed by atoms with E-state index in [1.165, 1.54) is 24.3 Å². The average Bonchev–Trinajstić information content (AvgIpc) is 3.46. The fourth-order valence-electron chi connectivity index (χ4n) is 4.04. The van der Waals surface area contributed by atoms with E-state index in [0.717, 1.165) is 11.4 Å². The second-order valence-electron chi connectivity index (χ2n) is 8.13. The lowest BCUT2D eigenvalue weighted by atomic mass is 10.0. The first-order chi connectivity index (χ1) is 15.9. The Morgan fingerprint density at radius 2 is 1.91 bits per heavy atom. The number of β-amino-alcohol motifs (C(OH)–C–C–N with tert-alkyl or cyclic N) is 1. The van der Waals surface area contributed by atoms with Crippen molar-refractivity contribution in [3.8, 4) is 5.75 Å². The summed E-state index contributed by atoms with van der Waals surface area (Å²) >= 11 is 0. The number of nitrogens with one attached hydrogen (secondary N) is 2. The standard InChI is InChI=1S/C24H27N5O4/c1-2-21-26-23(28-27-21)20-12-18(31)14-29(20)22(32)13-19(15-6-4-3-5-7-15)25-24(33)16-8-10-17(30)11-9-16/h3-11,18-20,30-31H,2,12-14H2,1H3,(H,25,33)(H,26,27,28)/t18-,19?,20+/m1/s1. The summed E-state index contributed by atoms with van der Waals surface area (Å²) in [5.74, 6) is 0.719. The maximum Gasteiger partial charge on any atom is 0.251 e. The summed E-state index contributed by atoms with van der Waals surface area (Å²) in [6, 6.07) is 14.2. The van der Waals surface area contributed by atoms with Gasteiger partial charge in [-0.15, -0.1) is 0 Å². The van der Waals surface area contributed by atoms with Gasteiger partial charge in [0.15, 0.2) is 5.82 Å². The predicted molar refractivity (Wildman–Crippen MR) is 120 cm³/mol. The van der Waals surface area contributed by atoms with Crippen LogP contribution < -0.4 is 5.32 Å². The van der Waals surface area contributed by atoms with E-state index in [4.69, 9.17) is 0 Å². The van der Waals surface area contributed by atoms with Gasteiger partial charge in [-0.1, -0.05) is 37.3 Å². The minimum Gasteiger partial charge on any atom is -0.508 e. The highest BCUT2D eigenvalue weighted by Crippen LogP contribution is 2.32. The Hall–Kier alpha value is -3.72. The molecule has 1 aliphatic rings. The van der Waals surface area contributed by atoms with Crippen molar-refractivity contribution in [2.75, 3.05) is 6.54 Å². The van der Waals surface area contributed by atoms with Crippen molar-refractivity contribution in [1.82, 2.24) is 25.4 Å². The molecule has 1 saturated heterocycles. The molecule has 2 aromatic carbocycles. The molecule has 1 aliphatic heterocycles. The quantitative estimate of drug-likeness (QED) is 0.438. The van der Waals surface area contributed by atoms with E-state index in [1.54, 1.807) is 4.90 Å². The van der Waals surface area contributed by atoms with Gasteiger partial charge in [-0.3, -0.25) is 14.7 Å². The van der Waals surface area contributed by atoms with Crippen molar-refractivity contribution in [2.24, 2.45) is 0 Å². The van der Waals surface area contributed by atoms with Crippen molar-refractivity contribution in [1.29, 1.82) is 0 Å². The third kappa shape index (κ3) is 5.20. The highest BCUT2D eigenvalue weighted by molar-refractivity contribution is 5.95. The van der Waals surface area contributed by atoms with Gasteiger partial charge < -0.3 is 20.4 Å². The van der Waals surface area contributed by atoms with Gasteiger partial charge in [-0.25, -0.2) is 4.98 Å². The van der Waals surface area contributed by atoms with Crippen LogP contribution in [-0.4, -0.2) is 54.8 Å². The zero-order chi connectivity index (χ0) is 23.4. The van der Waals surface area contributed by atoms with Gasteiger partial charge in [-0.2, -0.15) is 5.10 Å². The minimum absolute atomic E-state index is 0.0160. The molecule has 9 heteroatoms. The Labute approximate surface area is 191 Å². The first kappa shape index (κ1) is 22.5. The molecule has 0 radical (unpaired) electrons. The number of hydrogen-bond donors (Lipinski definition) is 4. The number of aromatic amines is 1. The summed E-state index contributed by atoms with van der Waals surface area (Å²) in [5.41, 5.74) is 1.17. The first-order valence-electron chi connectivity index (χ1n) is 11.0. The molecule has 9 nitrogen and oxygen atoms in total. The molecule has 1 aromatic heterocycles. The van der Waals surface area contributed by atoms with Crippen LogP contribution >= 0.6 is 0 Å². The van der Waals surface area contributed by atoms with Crippen LogP contribution in [0.25, 0.3) is 0 Å². The van der Waals surface area contributed by atoms with Crippen LogP contribution in [0.3, 0.4) is 0 Å². The number of carbonyl (C=O) groups excluding carboxylic acids is 2. The number of nitrogens with zero attached hydrogens (tertiary/aromatic N) is 3. The number of aliphatic hydroxyl groups is 1. The number of aromatic hydroxyl groups is 1. The Morgan fingerprint density at radius 3 is 2.58 bits per heavy atom. The van der Waals surface area contributed by atoms with Crippen LogP contribution in [0, 0.1) is 0 Å². The number of amides is 2. The molecular weight excluding hydrogens is 422 g/mol. The average molecular weight is 450 g/mol. The highest BCUT2D eigenvalue weighted by Gasteiger charge is 2.38. The fraction of sp³-hybridized carbons (Fsp3) is 0.333. The molecule has 172 valence electrons. The largest absolute Gasteiger partial charge is 0.508 e. The summed E-state index contributed by atoms with van der Waals surface area (Å²) in [6.45, 7) is 2.14. The summed E-state index contributed by atoms with van der Waals surface area (Å²) < 4.78 is 0. The molecule has 0 bridgehead atoms. The number of carbonyl (C=O) groups is 2. The van der Waals surface area contributed by atoms with Gasteiger partial charge in [-0.05, 0) is 29.8 Å². The second kappa shape index (κ2) is 9.83. The molecule has 3 atom stereocenters. The number of phenols is 1. The molecule has 2 amide bonds. The van der Waals surface area contributed by atoms with Crippen molar-refractivity contribution >= 4 is 11.8 Å². The van der Waals surface area contributed by atoms with E-state index in [1.807, 2.05) is 37.3 Å². The third-order valence-corrected chi connectivity index (χ3v) is 5.80. The molecule has 0 spiro atoms. The highest BCUT2D eigenvalue weighted by atomic mass is 16.3. The van der Waals surface area contributed by atoms with Gasteiger partial charge in [0.1, 0.15) is 11.6 Å². The SMILES string of the molecule is CCc1nc([C@@H]2C[C@@H](O)CN2C(=O)CC(NC(=O)c2ccc(O)cc2)c2ccccc2)n[nH]1. The zero-order valence-electron chi connectivity index (χ0n) is 18.3. The van der Waals surface area contributed by atoms with Crippen molar-refractivity contribution in [3.05, 3.63) is 77.4 Å². The molecule has 4 N–H and O–H groups in total. The van der Waals surface area contributed by atoms with Crippen LogP contribution in [0.15, 0.2) is 54.6 Å². The van der Waals surface area contributed by atoms with Gasteiger partial charge in [0, 0.05) is 24.9 Å². The van der Waals surface area contributed by atoms with Crippen LogP contribution in [0.2, 0.25) is 0 Å². The van der Waals surface area contributed by atoms with Crippen LogP contribution in [0.1, 0.15) is 59.4 Å². The molecule has 4 rings (SSSR count). The number of rotatable bonds is 7. The second-order valence-corrected chi connectivity index (χ2v) is 8.13. The molecule has 33 heavy (non-hydrogen) atoms. The van der Waals surface area contributed by atoms with E-state index in [2.05, 4.69) is 20.5 Å². The number of benzene rings is 2. The number of aryl methyl sites for hydroxylation is 1. The third-order valence-electron chi connectivity index (χ3n) is 5.80. The fourth-order valence-corrected chi connectivity index (χ4v) is 4.04. The maximum atomic E-state index is 13.4. The molecule has 3 aromatic rings. The molecule has 1 fully saturated rings. The lowest BCUT2D eigenvalue weighted by Crippen LogP contribution is -2.37. The Morgan fingerprint density at radius 1 is 1.18 bits per heavy atom. The van der Waals surface area contributed by atoms with E-state index in [-0.39, 0.29) is 30.5 Å². The van der Waals surface area contributed by atoms with Crippen molar-refractivity contribution in [2.45, 2.75) is 44.4 Å². The van der Waals surface area contributed by atoms with Crippen LogP contribution in [0.5, 0.6) is 5.75 Å². The number of phenolic OH excluding ortho intramolecular Hbond substituents is 1. The number of H-pyrrole nitrogens is 1. The topological polar surface area (TPSA) is 131 Å². The molecule has 2 heterocycles. The monoisotopic (exact) mass is 449 g/mol. The molecule has 1 unspecified atom stereocenters. The molecular formula is C24H27N5O4. The Balaban J connectivity index is 1.54. The summed E-state index contributed by atoms with van der Waals surface area (Å²) in [4.78, 5) is 32.2. The number of hydrogen-bond acceptors (Lipinski definition) is 6. The number of aromatic nitrogens is 3. The lowest BCUT2D eigenvalue weighted by molar-refractivity contribution is -0.133. The minimum atomic E-state index is -0.663. The Kier molecular flexibility index (Phi) is 6.69. The summed E-state index contributed by atoms with van der Waals surface area (Å²) in [5, 5.41) is 29.8. The van der Waals surface area contributed by atoms with Crippen LogP contribution in [-0.2, 0) is 11.2 Å². The van der Waals surface area contributed by atoms with Crippen LogP contribution in [0.4, 0.5) is 0 Å². The smallest absolute Gasteiger partial charge is 0.251 e. The summed E-state index contributed by atoms with van der Waals surface area (Å²) in [7, 11) is 0. The summed E-state index contributed by atoms with van der Waals surface area (Å²) in [6.07, 6.45) is 0.407. The Bertz CT molecular complexity index is 1100. The van der Waals surface area contributed by atoms with Crippen molar-refractivity contribution < 1.29 is 19.8 Å².